The van der Waals surface area contributed by atoms with Crippen molar-refractivity contribution in [2.24, 2.45) is 0 Å². The van der Waals surface area contributed by atoms with Crippen molar-refractivity contribution in [2.75, 3.05) is 38.2 Å². The van der Waals surface area contributed by atoms with Crippen molar-refractivity contribution in [1.29, 1.82) is 0 Å². The van der Waals surface area contributed by atoms with Gasteiger partial charge in [-0.15, -0.1) is 0 Å². The van der Waals surface area contributed by atoms with Crippen LogP contribution in [-0.4, -0.2) is 56.0 Å². The Kier molecular flexibility index (Phi) is 8.27. The largest absolute Gasteiger partial charge is 0.467 e. The minimum atomic E-state index is -0.583. The highest BCUT2D eigenvalue weighted by molar-refractivity contribution is 5.92. The van der Waals surface area contributed by atoms with Gasteiger partial charge in [0.2, 0.25) is 5.91 Å². The fourth-order valence-electron chi connectivity index (χ4n) is 2.68. The molecule has 0 spiro atoms. The van der Waals surface area contributed by atoms with E-state index in [2.05, 4.69) is 24.1 Å². The fraction of sp³-hybridized carbons (Fsp3) is 0.381. The van der Waals surface area contributed by atoms with Crippen LogP contribution in [0.3, 0.4) is 0 Å². The van der Waals surface area contributed by atoms with Crippen LogP contribution in [0.1, 0.15) is 30.0 Å². The molecule has 0 aliphatic carbocycles. The lowest BCUT2D eigenvalue weighted by molar-refractivity contribution is -0.137. The van der Waals surface area contributed by atoms with Gasteiger partial charge in [-0.2, -0.15) is 0 Å². The van der Waals surface area contributed by atoms with E-state index in [1.54, 1.807) is 24.3 Å². The third-order valence-corrected chi connectivity index (χ3v) is 4.40. The van der Waals surface area contributed by atoms with Crippen LogP contribution in [0.4, 0.5) is 5.69 Å². The zero-order valence-corrected chi connectivity index (χ0v) is 17.0. The van der Waals surface area contributed by atoms with Crippen LogP contribution in [0.5, 0.6) is 0 Å². The number of amides is 2. The van der Waals surface area contributed by atoms with Crippen LogP contribution in [0.25, 0.3) is 0 Å². The Hall–Kier alpha value is -3.29. The maximum atomic E-state index is 12.2. The Morgan fingerprint density at radius 3 is 2.34 bits per heavy atom. The molecule has 1 N–H and O–H groups in total. The van der Waals surface area contributed by atoms with Gasteiger partial charge in [-0.05, 0) is 50.2 Å². The van der Waals surface area contributed by atoms with Gasteiger partial charge >= 0.3 is 5.97 Å². The van der Waals surface area contributed by atoms with Crippen molar-refractivity contribution in [3.8, 4) is 0 Å². The lowest BCUT2D eigenvalue weighted by Crippen LogP contribution is -2.39. The van der Waals surface area contributed by atoms with Gasteiger partial charge in [0.25, 0.3) is 5.91 Å². The first-order chi connectivity index (χ1) is 13.9. The zero-order valence-electron chi connectivity index (χ0n) is 17.0. The highest BCUT2D eigenvalue weighted by atomic mass is 16.5. The second kappa shape index (κ2) is 10.9. The molecule has 1 aromatic heterocycles. The van der Waals surface area contributed by atoms with E-state index in [0.29, 0.717) is 11.3 Å². The molecule has 0 atom stereocenters. The Labute approximate surface area is 170 Å². The first-order valence-corrected chi connectivity index (χ1v) is 9.49. The monoisotopic (exact) mass is 401 g/mol. The summed E-state index contributed by atoms with van der Waals surface area (Å²) in [6.07, 6.45) is 1.52. The first-order valence-electron chi connectivity index (χ1n) is 9.49. The fourth-order valence-corrected chi connectivity index (χ4v) is 2.68. The normalized spacial score (nSPS) is 10.3. The highest BCUT2D eigenvalue weighted by Gasteiger charge is 2.16. The van der Waals surface area contributed by atoms with Gasteiger partial charge in [-0.3, -0.25) is 9.59 Å². The summed E-state index contributed by atoms with van der Waals surface area (Å²) in [7, 11) is 1.47. The topological polar surface area (TPSA) is 92.1 Å². The lowest BCUT2D eigenvalue weighted by Gasteiger charge is -2.21. The van der Waals surface area contributed by atoms with Gasteiger partial charge in [0.15, 0.2) is 6.61 Å². The molecular formula is C21H27N3O5. The number of rotatable bonds is 10. The number of esters is 1. The van der Waals surface area contributed by atoms with Crippen LogP contribution in [0.15, 0.2) is 47.1 Å². The number of carbonyl (C=O) groups excluding carboxylic acids is 3. The Morgan fingerprint density at radius 1 is 1.07 bits per heavy atom. The molecular weight excluding hydrogens is 374 g/mol. The molecule has 1 aromatic carbocycles. The molecule has 2 amide bonds. The molecule has 8 nitrogen and oxygen atoms in total. The molecule has 0 saturated heterocycles. The number of hydrogen-bond acceptors (Lipinski definition) is 6. The number of furan rings is 1. The predicted octanol–water partition coefficient (Wildman–Crippen LogP) is 2.06. The third kappa shape index (κ3) is 6.67. The number of likely N-dealkylation sites (N-methyl/N-ethyl adjacent to an activating group) is 1. The smallest absolute Gasteiger partial charge is 0.338 e. The van der Waals surface area contributed by atoms with Crippen molar-refractivity contribution in [3.63, 3.8) is 0 Å². The van der Waals surface area contributed by atoms with E-state index < -0.39 is 18.5 Å². The molecule has 8 heteroatoms. The molecule has 0 radical (unpaired) electrons. The molecule has 0 saturated carbocycles. The van der Waals surface area contributed by atoms with E-state index in [9.17, 15) is 14.4 Å². The molecule has 1 heterocycles. The third-order valence-electron chi connectivity index (χ3n) is 4.40. The maximum absolute atomic E-state index is 12.2. The van der Waals surface area contributed by atoms with E-state index in [-0.39, 0.29) is 19.0 Å². The summed E-state index contributed by atoms with van der Waals surface area (Å²) in [4.78, 5) is 39.5. The van der Waals surface area contributed by atoms with Crippen LogP contribution in [0, 0.1) is 0 Å². The molecule has 0 aliphatic rings. The number of anilines is 1. The number of nitrogens with zero attached hydrogens (tertiary/aromatic N) is 2. The van der Waals surface area contributed by atoms with Gasteiger partial charge in [0.1, 0.15) is 5.76 Å². The Bertz CT molecular complexity index is 798. The zero-order chi connectivity index (χ0) is 21.2. The van der Waals surface area contributed by atoms with E-state index in [4.69, 9.17) is 9.15 Å². The lowest BCUT2D eigenvalue weighted by atomic mass is 10.2. The van der Waals surface area contributed by atoms with Crippen molar-refractivity contribution >= 4 is 23.5 Å². The number of hydrogen-bond donors (Lipinski definition) is 1. The minimum Gasteiger partial charge on any atom is -0.467 e. The number of nitrogens with one attached hydrogen (secondary N) is 1. The van der Waals surface area contributed by atoms with Gasteiger partial charge in [-0.1, -0.05) is 0 Å². The molecule has 0 bridgehead atoms. The van der Waals surface area contributed by atoms with Crippen molar-refractivity contribution < 1.29 is 23.5 Å². The Morgan fingerprint density at radius 2 is 1.76 bits per heavy atom. The van der Waals surface area contributed by atoms with E-state index in [1.807, 2.05) is 12.1 Å². The average molecular weight is 401 g/mol. The number of benzene rings is 1. The van der Waals surface area contributed by atoms with Gasteiger partial charge in [-0.25, -0.2) is 4.79 Å². The van der Waals surface area contributed by atoms with Crippen molar-refractivity contribution in [2.45, 2.75) is 20.4 Å². The van der Waals surface area contributed by atoms with Crippen LogP contribution in [-0.2, 0) is 20.9 Å². The second-order valence-corrected chi connectivity index (χ2v) is 6.40. The maximum Gasteiger partial charge on any atom is 0.338 e. The van der Waals surface area contributed by atoms with Gasteiger partial charge < -0.3 is 24.3 Å². The predicted molar refractivity (Wildman–Crippen MR) is 108 cm³/mol. The van der Waals surface area contributed by atoms with Crippen molar-refractivity contribution in [3.05, 3.63) is 54.0 Å². The summed E-state index contributed by atoms with van der Waals surface area (Å²) in [6.45, 7) is 5.53. The van der Waals surface area contributed by atoms with Crippen LogP contribution in [0.2, 0.25) is 0 Å². The SMILES string of the molecule is CCN(CC)c1ccc(C(=O)OCC(=O)N(C)CC(=O)NCc2ccco2)cc1. The highest BCUT2D eigenvalue weighted by Crippen LogP contribution is 2.15. The molecule has 0 unspecified atom stereocenters. The standard InChI is InChI=1S/C21H27N3O5/c1-4-24(5-2)17-10-8-16(9-11-17)21(27)29-15-20(26)23(3)14-19(25)22-13-18-7-6-12-28-18/h6-12H,4-5,13-15H2,1-3H3,(H,22,25). The van der Waals surface area contributed by atoms with Crippen LogP contribution < -0.4 is 10.2 Å². The minimum absolute atomic E-state index is 0.143. The molecule has 29 heavy (non-hydrogen) atoms. The summed E-state index contributed by atoms with van der Waals surface area (Å²) >= 11 is 0. The summed E-state index contributed by atoms with van der Waals surface area (Å²) in [5.41, 5.74) is 1.38. The molecule has 2 rings (SSSR count). The van der Waals surface area contributed by atoms with Gasteiger partial charge in [0, 0.05) is 25.8 Å². The average Bonchev–Trinajstić information content (AvgIpc) is 3.25. The number of ether oxygens (including phenoxy) is 1. The summed E-state index contributed by atoms with van der Waals surface area (Å²) in [5, 5.41) is 2.65. The number of carbonyl (C=O) groups is 3. The molecule has 0 fully saturated rings. The molecule has 0 aliphatic heterocycles. The first kappa shape index (κ1) is 22.0. The summed E-state index contributed by atoms with van der Waals surface area (Å²) in [5.74, 6) is -0.768. The van der Waals surface area contributed by atoms with E-state index in [0.717, 1.165) is 18.8 Å². The second-order valence-electron chi connectivity index (χ2n) is 6.40. The molecule has 2 aromatic rings. The van der Waals surface area contributed by atoms with Crippen molar-refractivity contribution in [1.82, 2.24) is 10.2 Å². The van der Waals surface area contributed by atoms with Crippen LogP contribution >= 0.6 is 0 Å². The van der Waals surface area contributed by atoms with Gasteiger partial charge in [0.05, 0.1) is 24.9 Å². The summed E-state index contributed by atoms with van der Waals surface area (Å²) in [6, 6.07) is 10.5. The quantitative estimate of drug-likeness (QED) is 0.613. The Balaban J connectivity index is 1.76. The van der Waals surface area contributed by atoms with E-state index >= 15 is 0 Å². The molecule has 156 valence electrons. The summed E-state index contributed by atoms with van der Waals surface area (Å²) < 4.78 is 10.2. The van der Waals surface area contributed by atoms with E-state index in [1.165, 1.54) is 18.2 Å².